The van der Waals surface area contributed by atoms with E-state index < -0.39 is 0 Å². The van der Waals surface area contributed by atoms with Gasteiger partial charge >= 0.3 is 0 Å². The molecule has 0 aliphatic rings. The molecule has 0 aliphatic carbocycles. The summed E-state index contributed by atoms with van der Waals surface area (Å²) in [5, 5.41) is 9.11. The average molecular weight is 981 g/mol. The maximum absolute atomic E-state index is 10.7. The van der Waals surface area contributed by atoms with Crippen molar-refractivity contribution < 1.29 is 9.59 Å². The van der Waals surface area contributed by atoms with Crippen LogP contribution in [0.25, 0.3) is 60.6 Å². The number of carbonyl (C=O) groups excluding carboxylic acids is 2. The second-order valence-electron chi connectivity index (χ2n) is 15.7. The number of nitrogens with two attached hydrogens (primary N) is 1. The van der Waals surface area contributed by atoms with E-state index in [1.165, 1.54) is 44.9 Å². The molecule has 10 rings (SSSR count). The van der Waals surface area contributed by atoms with Gasteiger partial charge in [0.1, 0.15) is 0 Å². The number of aldehydes is 2. The van der Waals surface area contributed by atoms with E-state index in [9.17, 15) is 9.59 Å². The van der Waals surface area contributed by atoms with Crippen LogP contribution in [0.1, 0.15) is 50.8 Å². The zero-order valence-corrected chi connectivity index (χ0v) is 41.2. The number of hydrogen-bond donors (Lipinski definition) is 2. The smallest absolute Gasteiger partial charge is 0.152 e. The molecule has 0 spiro atoms. The first-order valence-corrected chi connectivity index (χ1v) is 23.0. The van der Waals surface area contributed by atoms with Gasteiger partial charge < -0.3 is 29.0 Å². The molecular weight excluding hydrogens is 930 g/mol. The fourth-order valence-corrected chi connectivity index (χ4v) is 8.83. The Morgan fingerprint density at radius 2 is 0.894 bits per heavy atom. The molecular formula is C53H51Cl5N6O2. The van der Waals surface area contributed by atoms with E-state index in [0.29, 0.717) is 27.7 Å². The number of aryl methyl sites for hydroxylation is 5. The van der Waals surface area contributed by atoms with Crippen LogP contribution in [0.15, 0.2) is 129 Å². The zero-order chi connectivity index (χ0) is 47.7. The Morgan fingerprint density at radius 1 is 0.515 bits per heavy atom. The van der Waals surface area contributed by atoms with Gasteiger partial charge in [-0.05, 0) is 127 Å². The van der Waals surface area contributed by atoms with Gasteiger partial charge in [0, 0.05) is 150 Å². The number of benzene rings is 5. The minimum atomic E-state index is 0.644. The van der Waals surface area contributed by atoms with Gasteiger partial charge in [0.05, 0.1) is 0 Å². The van der Waals surface area contributed by atoms with E-state index in [1.807, 2.05) is 98.6 Å². The Labute approximate surface area is 409 Å². The third-order valence-electron chi connectivity index (χ3n) is 11.1. The standard InChI is InChI=1S/C12H14ClN.C11H13ClN2.C11H10ClN.C10H8ClNO.C9H6ClNO/c1-3-4-9-8-14(2)12-6-5-10(13)7-11(9)12;1-14-7-8(4-5-13)10-6-9(12)2-3-11(10)14;1-3-8-7-13(2)11-5-4-9(12)6-10(8)11;1-12-5-7(6-13)9-4-8(11)2-3-10(9)12;10-7-1-2-9-8(3-7)6(5-12)4-11-9/h5-8H,3-4H2,1-2H3;2-3,6-7H,4-5,13H2,1H3;3-7H,1H2,2H3;2-6H,1H3;1-5,11H. The van der Waals surface area contributed by atoms with Gasteiger partial charge in [-0.3, -0.25) is 9.59 Å². The first-order chi connectivity index (χ1) is 31.7. The molecule has 0 saturated heterocycles. The molecule has 66 heavy (non-hydrogen) atoms. The minimum absolute atomic E-state index is 0.644. The summed E-state index contributed by atoms with van der Waals surface area (Å²) in [5.74, 6) is 0. The molecule has 0 aliphatic heterocycles. The van der Waals surface area contributed by atoms with Crippen molar-refractivity contribution in [2.24, 2.45) is 33.9 Å². The van der Waals surface area contributed by atoms with Crippen LogP contribution in [0.5, 0.6) is 0 Å². The molecule has 5 aromatic heterocycles. The van der Waals surface area contributed by atoms with Crippen molar-refractivity contribution in [1.29, 1.82) is 0 Å². The summed E-state index contributed by atoms with van der Waals surface area (Å²) in [4.78, 5) is 24.2. The number of fused-ring (bicyclic) bond motifs is 5. The van der Waals surface area contributed by atoms with Crippen LogP contribution in [0.4, 0.5) is 0 Å². The lowest BCUT2D eigenvalue weighted by Crippen LogP contribution is -2.01. The molecule has 5 aromatic carbocycles. The first kappa shape index (κ1) is 49.7. The summed E-state index contributed by atoms with van der Waals surface area (Å²) in [6.07, 6.45) is 16.5. The van der Waals surface area contributed by atoms with Gasteiger partial charge in [0.25, 0.3) is 0 Å². The second kappa shape index (κ2) is 22.7. The summed E-state index contributed by atoms with van der Waals surface area (Å²) >= 11 is 29.5. The highest BCUT2D eigenvalue weighted by Crippen LogP contribution is 2.28. The number of aromatic nitrogens is 5. The Balaban J connectivity index is 0.000000137. The van der Waals surface area contributed by atoms with Gasteiger partial charge in [-0.2, -0.15) is 0 Å². The van der Waals surface area contributed by atoms with Gasteiger partial charge in [-0.25, -0.2) is 0 Å². The van der Waals surface area contributed by atoms with E-state index in [1.54, 1.807) is 30.6 Å². The number of carbonyl (C=O) groups is 2. The molecule has 0 saturated carbocycles. The highest BCUT2D eigenvalue weighted by atomic mass is 35.5. The SMILES string of the molecule is C=Cc1cn(C)c2ccc(Cl)cc12.CCCc1cn(C)c2ccc(Cl)cc12.Cn1cc(C=O)c2cc(Cl)ccc21.Cn1cc(CCN)c2cc(Cl)ccc21.O=Cc1c[nH]c2ccc(Cl)cc12. The van der Waals surface area contributed by atoms with E-state index in [2.05, 4.69) is 63.8 Å². The molecule has 8 nitrogen and oxygen atoms in total. The number of halogens is 5. The number of nitrogens with one attached hydrogen (secondary N) is 1. The van der Waals surface area contributed by atoms with E-state index >= 15 is 0 Å². The third kappa shape index (κ3) is 11.6. The van der Waals surface area contributed by atoms with Crippen molar-refractivity contribution in [3.05, 3.63) is 181 Å². The fourth-order valence-electron chi connectivity index (χ4n) is 7.97. The molecule has 0 amide bonds. The van der Waals surface area contributed by atoms with E-state index in [0.717, 1.165) is 73.2 Å². The van der Waals surface area contributed by atoms with Gasteiger partial charge in [0.2, 0.25) is 0 Å². The second-order valence-corrected chi connectivity index (χ2v) is 17.9. The summed E-state index contributed by atoms with van der Waals surface area (Å²) in [6, 6.07) is 28.9. The van der Waals surface area contributed by atoms with Crippen LogP contribution >= 0.6 is 58.0 Å². The summed E-state index contributed by atoms with van der Waals surface area (Å²) in [7, 11) is 8.04. The van der Waals surface area contributed by atoms with Gasteiger partial charge in [-0.1, -0.05) is 84.0 Å². The minimum Gasteiger partial charge on any atom is -0.360 e. The summed E-state index contributed by atoms with van der Waals surface area (Å²) < 4.78 is 8.26. The lowest BCUT2D eigenvalue weighted by Gasteiger charge is -1.96. The van der Waals surface area contributed by atoms with Crippen LogP contribution in [0.2, 0.25) is 25.1 Å². The van der Waals surface area contributed by atoms with Crippen molar-refractivity contribution in [3.8, 4) is 0 Å². The molecule has 10 aromatic rings. The zero-order valence-electron chi connectivity index (χ0n) is 37.4. The van der Waals surface area contributed by atoms with E-state index in [4.69, 9.17) is 63.7 Å². The molecule has 0 radical (unpaired) electrons. The van der Waals surface area contributed by atoms with Crippen LogP contribution in [-0.2, 0) is 41.0 Å². The highest BCUT2D eigenvalue weighted by Gasteiger charge is 2.09. The maximum Gasteiger partial charge on any atom is 0.152 e. The van der Waals surface area contributed by atoms with Crippen LogP contribution in [-0.4, -0.2) is 42.4 Å². The lowest BCUT2D eigenvalue weighted by molar-refractivity contribution is 0.111. The largest absolute Gasteiger partial charge is 0.360 e. The van der Waals surface area contributed by atoms with Crippen LogP contribution < -0.4 is 5.73 Å². The molecule has 0 bridgehead atoms. The number of rotatable bonds is 7. The van der Waals surface area contributed by atoms with Crippen molar-refractivity contribution in [2.45, 2.75) is 26.2 Å². The van der Waals surface area contributed by atoms with Crippen molar-refractivity contribution >= 4 is 131 Å². The molecule has 340 valence electrons. The predicted octanol–water partition coefficient (Wildman–Crippen LogP) is 14.9. The Bertz CT molecular complexity index is 3140. The Hall–Kier alpha value is -5.71. The fraction of sp³-hybridized carbons (Fsp3) is 0.170. The molecule has 5 heterocycles. The topological polar surface area (TPSA) is 95.7 Å². The monoisotopic (exact) mass is 978 g/mol. The Kier molecular flexibility index (Phi) is 17.1. The predicted molar refractivity (Wildman–Crippen MR) is 283 cm³/mol. The number of hydrogen-bond acceptors (Lipinski definition) is 3. The first-order valence-electron chi connectivity index (χ1n) is 21.2. The third-order valence-corrected chi connectivity index (χ3v) is 12.3. The average Bonchev–Trinajstić information content (AvgIpc) is 4.10. The van der Waals surface area contributed by atoms with Crippen LogP contribution in [0, 0.1) is 0 Å². The van der Waals surface area contributed by atoms with E-state index in [-0.39, 0.29) is 0 Å². The van der Waals surface area contributed by atoms with Gasteiger partial charge in [-0.15, -0.1) is 0 Å². The lowest BCUT2D eigenvalue weighted by atomic mass is 10.1. The van der Waals surface area contributed by atoms with Crippen LogP contribution in [0.3, 0.4) is 0 Å². The summed E-state index contributed by atoms with van der Waals surface area (Å²) in [6.45, 7) is 6.64. The van der Waals surface area contributed by atoms with Crippen molar-refractivity contribution in [1.82, 2.24) is 23.3 Å². The number of H-pyrrole nitrogens is 1. The highest BCUT2D eigenvalue weighted by molar-refractivity contribution is 6.33. The molecule has 3 N–H and O–H groups in total. The van der Waals surface area contributed by atoms with Crippen molar-refractivity contribution in [2.75, 3.05) is 6.54 Å². The molecule has 0 unspecified atom stereocenters. The van der Waals surface area contributed by atoms with Gasteiger partial charge in [0.15, 0.2) is 12.6 Å². The molecule has 13 heteroatoms. The number of aromatic amines is 1. The maximum atomic E-state index is 10.7. The van der Waals surface area contributed by atoms with Crippen molar-refractivity contribution in [3.63, 3.8) is 0 Å². The Morgan fingerprint density at radius 3 is 1.33 bits per heavy atom. The molecule has 0 fully saturated rings. The normalized spacial score (nSPS) is 10.8. The molecule has 0 atom stereocenters. The quantitative estimate of drug-likeness (QED) is 0.156. The summed E-state index contributed by atoms with van der Waals surface area (Å²) in [5.41, 5.74) is 16.3. The number of nitrogens with zero attached hydrogens (tertiary/aromatic N) is 4.